The number of amides is 1. The molecule has 0 bridgehead atoms. The molecule has 4 rings (SSSR count). The van der Waals surface area contributed by atoms with Crippen molar-refractivity contribution in [1.29, 1.82) is 0 Å². The first-order valence-electron chi connectivity index (χ1n) is 7.98. The van der Waals surface area contributed by atoms with E-state index in [1.54, 1.807) is 12.3 Å². The summed E-state index contributed by atoms with van der Waals surface area (Å²) in [5.74, 6) is -1.15. The predicted molar refractivity (Wildman–Crippen MR) is 99.4 cm³/mol. The van der Waals surface area contributed by atoms with Crippen molar-refractivity contribution in [2.45, 2.75) is 0 Å². The fourth-order valence-corrected chi connectivity index (χ4v) is 2.66. The maximum absolute atomic E-state index is 13.3. The van der Waals surface area contributed by atoms with Gasteiger partial charge in [0.2, 0.25) is 0 Å². The Morgan fingerprint density at radius 3 is 2.70 bits per heavy atom. The quantitative estimate of drug-likeness (QED) is 0.741. The Morgan fingerprint density at radius 1 is 1.15 bits per heavy atom. The Morgan fingerprint density at radius 2 is 1.93 bits per heavy atom. The summed E-state index contributed by atoms with van der Waals surface area (Å²) in [4.78, 5) is 22.7. The van der Waals surface area contributed by atoms with Gasteiger partial charge in [-0.15, -0.1) is 5.10 Å². The Labute approximate surface area is 153 Å². The fourth-order valence-electron chi connectivity index (χ4n) is 2.66. The molecule has 0 spiro atoms. The van der Waals surface area contributed by atoms with Crippen molar-refractivity contribution in [2.75, 3.05) is 16.0 Å². The normalized spacial score (nSPS) is 13.1. The number of nitrogens with zero attached hydrogens (tertiary/aromatic N) is 5. The van der Waals surface area contributed by atoms with E-state index in [4.69, 9.17) is 5.73 Å². The molecule has 3 aromatic rings. The third kappa shape index (κ3) is 3.13. The molecule has 4 heterocycles. The third-order valence-corrected chi connectivity index (χ3v) is 3.85. The molecule has 1 aliphatic heterocycles. The zero-order valence-corrected chi connectivity index (χ0v) is 14.0. The summed E-state index contributed by atoms with van der Waals surface area (Å²) in [7, 11) is 0. The van der Waals surface area contributed by atoms with Crippen LogP contribution in [0.15, 0.2) is 67.6 Å². The molecule has 0 atom stereocenters. The highest BCUT2D eigenvalue weighted by molar-refractivity contribution is 6.12. The number of halogens is 1. The van der Waals surface area contributed by atoms with E-state index in [9.17, 15) is 9.18 Å². The van der Waals surface area contributed by atoms with Gasteiger partial charge in [-0.25, -0.2) is 13.9 Å². The van der Waals surface area contributed by atoms with Crippen LogP contribution in [0.25, 0.3) is 5.65 Å². The van der Waals surface area contributed by atoms with Gasteiger partial charge in [0.15, 0.2) is 17.3 Å². The summed E-state index contributed by atoms with van der Waals surface area (Å²) in [6, 6.07) is 1.77. The summed E-state index contributed by atoms with van der Waals surface area (Å²) in [5, 5.41) is 6.72. The van der Waals surface area contributed by atoms with Crippen molar-refractivity contribution >= 4 is 28.7 Å². The van der Waals surface area contributed by atoms with Crippen molar-refractivity contribution in [3.63, 3.8) is 0 Å². The van der Waals surface area contributed by atoms with Crippen LogP contribution >= 0.6 is 0 Å². The van der Waals surface area contributed by atoms with Gasteiger partial charge in [0.05, 0.1) is 30.0 Å². The number of allylic oxidation sites excluding steroid dienone is 4. The molecule has 27 heavy (non-hydrogen) atoms. The summed E-state index contributed by atoms with van der Waals surface area (Å²) in [6.07, 6.45) is 16.5. The lowest BCUT2D eigenvalue weighted by molar-refractivity contribution is 0.102. The van der Waals surface area contributed by atoms with Crippen molar-refractivity contribution < 1.29 is 9.18 Å². The van der Waals surface area contributed by atoms with Crippen LogP contribution in [-0.4, -0.2) is 25.5 Å². The highest BCUT2D eigenvalue weighted by Gasteiger charge is 2.21. The number of rotatable bonds is 3. The number of hydrogen-bond donors (Lipinski definition) is 2. The van der Waals surface area contributed by atoms with Gasteiger partial charge in [0, 0.05) is 18.6 Å². The number of carbonyl (C=O) groups excluding carboxylic acids is 1. The number of hydrogen-bond acceptors (Lipinski definition) is 6. The highest BCUT2D eigenvalue weighted by atomic mass is 19.1. The molecular formula is C18H14FN7O. The van der Waals surface area contributed by atoms with E-state index in [-0.39, 0.29) is 17.0 Å². The van der Waals surface area contributed by atoms with Crippen molar-refractivity contribution in [3.8, 4) is 0 Å². The van der Waals surface area contributed by atoms with E-state index < -0.39 is 11.7 Å². The van der Waals surface area contributed by atoms with Crippen LogP contribution in [0.1, 0.15) is 10.4 Å². The largest absolute Gasteiger partial charge is 0.381 e. The first-order valence-corrected chi connectivity index (χ1v) is 7.98. The minimum atomic E-state index is -0.583. The predicted octanol–water partition coefficient (Wildman–Crippen LogP) is 2.50. The Kier molecular flexibility index (Phi) is 4.09. The second-order valence-electron chi connectivity index (χ2n) is 5.62. The highest BCUT2D eigenvalue weighted by Crippen LogP contribution is 2.27. The van der Waals surface area contributed by atoms with Gasteiger partial charge in [-0.1, -0.05) is 12.2 Å². The van der Waals surface area contributed by atoms with Crippen LogP contribution in [0.2, 0.25) is 0 Å². The molecule has 3 N–H and O–H groups in total. The van der Waals surface area contributed by atoms with E-state index >= 15 is 0 Å². The van der Waals surface area contributed by atoms with Crippen molar-refractivity contribution in [2.24, 2.45) is 0 Å². The molecule has 0 fully saturated rings. The maximum atomic E-state index is 13.3. The molecule has 8 nitrogen and oxygen atoms in total. The van der Waals surface area contributed by atoms with E-state index in [1.807, 2.05) is 41.6 Å². The average Bonchev–Trinajstić information content (AvgIpc) is 2.82. The van der Waals surface area contributed by atoms with E-state index in [0.29, 0.717) is 11.4 Å². The lowest BCUT2D eigenvalue weighted by Gasteiger charge is -2.18. The Hall–Kier alpha value is -4.01. The average molecular weight is 363 g/mol. The maximum Gasteiger partial charge on any atom is 0.263 e. The second kappa shape index (κ2) is 6.71. The number of fused-ring (bicyclic) bond motifs is 1. The van der Waals surface area contributed by atoms with Gasteiger partial charge in [-0.3, -0.25) is 9.78 Å². The van der Waals surface area contributed by atoms with Gasteiger partial charge in [-0.05, 0) is 18.2 Å². The molecule has 3 aromatic heterocycles. The van der Waals surface area contributed by atoms with Gasteiger partial charge >= 0.3 is 0 Å². The third-order valence-electron chi connectivity index (χ3n) is 3.85. The molecule has 1 amide bonds. The van der Waals surface area contributed by atoms with Crippen molar-refractivity contribution in [3.05, 3.63) is 78.9 Å². The summed E-state index contributed by atoms with van der Waals surface area (Å²) in [6.45, 7) is 0. The molecule has 0 saturated heterocycles. The molecule has 9 heteroatoms. The van der Waals surface area contributed by atoms with Gasteiger partial charge in [0.25, 0.3) is 5.91 Å². The summed E-state index contributed by atoms with van der Waals surface area (Å²) >= 11 is 0. The number of pyridine rings is 1. The second-order valence-corrected chi connectivity index (χ2v) is 5.62. The van der Waals surface area contributed by atoms with E-state index in [1.165, 1.54) is 6.20 Å². The van der Waals surface area contributed by atoms with Gasteiger partial charge < -0.3 is 16.0 Å². The number of nitrogens with one attached hydrogen (secondary N) is 1. The Bertz CT molecular complexity index is 1100. The zero-order valence-electron chi connectivity index (χ0n) is 14.0. The lowest BCUT2D eigenvalue weighted by Crippen LogP contribution is -2.17. The fraction of sp³-hybridized carbons (Fsp3) is 0. The minimum Gasteiger partial charge on any atom is -0.381 e. The molecule has 0 aromatic carbocycles. The topological polar surface area (TPSA) is 101 Å². The van der Waals surface area contributed by atoms with Crippen LogP contribution in [0.4, 0.5) is 21.6 Å². The van der Waals surface area contributed by atoms with Crippen LogP contribution in [-0.2, 0) is 0 Å². The number of aromatic nitrogens is 4. The monoisotopic (exact) mass is 363 g/mol. The lowest BCUT2D eigenvalue weighted by atomic mass is 10.2. The molecular weight excluding hydrogens is 349 g/mol. The van der Waals surface area contributed by atoms with Crippen molar-refractivity contribution in [1.82, 2.24) is 19.6 Å². The van der Waals surface area contributed by atoms with Gasteiger partial charge in [-0.2, -0.15) is 0 Å². The standard InChI is InChI=1S/C18H14FN7O/c19-12-9-22-17-15(16(20)24-26(17)11-12)18(27)23-13-10-21-6-5-14(13)25-7-3-1-2-4-8-25/h1-11H,(H2,20,24)(H,23,27). The number of nitrogens with two attached hydrogens (primary N) is 1. The van der Waals surface area contributed by atoms with Crippen LogP contribution in [0, 0.1) is 5.82 Å². The molecule has 0 aliphatic carbocycles. The van der Waals surface area contributed by atoms with E-state index in [2.05, 4.69) is 20.4 Å². The summed E-state index contributed by atoms with van der Waals surface area (Å²) in [5.41, 5.74) is 7.26. The minimum absolute atomic E-state index is 0.0465. The van der Waals surface area contributed by atoms with E-state index in [0.717, 1.165) is 16.9 Å². The smallest absolute Gasteiger partial charge is 0.263 e. The molecule has 1 aliphatic rings. The van der Waals surface area contributed by atoms with Gasteiger partial charge in [0.1, 0.15) is 5.56 Å². The first-order chi connectivity index (χ1) is 13.1. The van der Waals surface area contributed by atoms with Crippen LogP contribution in [0.5, 0.6) is 0 Å². The number of carbonyl (C=O) groups is 1. The summed E-state index contributed by atoms with van der Waals surface area (Å²) < 4.78 is 14.5. The zero-order chi connectivity index (χ0) is 18.8. The first kappa shape index (κ1) is 16.5. The van der Waals surface area contributed by atoms with Crippen LogP contribution < -0.4 is 16.0 Å². The number of anilines is 3. The van der Waals surface area contributed by atoms with Crippen LogP contribution in [0.3, 0.4) is 0 Å². The Balaban J connectivity index is 1.70. The number of nitrogen functional groups attached to an aromatic ring is 1. The molecule has 0 unspecified atom stereocenters. The molecule has 0 radical (unpaired) electrons. The molecule has 134 valence electrons. The SMILES string of the molecule is Nc1nn2cc(F)cnc2c1C(=O)Nc1cnccc1N1C=CC=CC=C1. The molecule has 0 saturated carbocycles.